The number of nitrogens with two attached hydrogens (primary N) is 1. The van der Waals surface area contributed by atoms with E-state index in [9.17, 15) is 32.3 Å². The number of nitrogens with one attached hydrogen (secondary N) is 4. The van der Waals surface area contributed by atoms with E-state index in [2.05, 4.69) is 41.0 Å². The van der Waals surface area contributed by atoms with Crippen LogP contribution < -0.4 is 34.9 Å². The average Bonchev–Trinajstić information content (AvgIpc) is 3.68. The second kappa shape index (κ2) is 14.6. The van der Waals surface area contributed by atoms with Crippen molar-refractivity contribution in [1.29, 1.82) is 0 Å². The number of halogens is 5. The van der Waals surface area contributed by atoms with Gasteiger partial charge in [0.2, 0.25) is 5.91 Å². The van der Waals surface area contributed by atoms with E-state index in [1.54, 1.807) is 12.1 Å². The maximum Gasteiger partial charge on any atom is 0.335 e. The van der Waals surface area contributed by atoms with Crippen LogP contribution >= 0.6 is 0 Å². The fourth-order valence-corrected chi connectivity index (χ4v) is 5.36. The third-order valence-corrected chi connectivity index (χ3v) is 7.71. The zero-order valence-corrected chi connectivity index (χ0v) is 27.4. The van der Waals surface area contributed by atoms with E-state index < -0.39 is 35.1 Å². The van der Waals surface area contributed by atoms with Crippen molar-refractivity contribution in [3.8, 4) is 22.5 Å². The molecule has 0 bridgehead atoms. The van der Waals surface area contributed by atoms with E-state index in [1.165, 1.54) is 48.8 Å². The number of aromatic nitrogens is 4. The van der Waals surface area contributed by atoms with E-state index >= 15 is 0 Å². The number of amides is 1. The molecule has 8 rings (SSSR count). The molecule has 0 aliphatic carbocycles. The molecule has 2 aromatic heterocycles. The monoisotopic (exact) mass is 732 g/mol. The van der Waals surface area contributed by atoms with Gasteiger partial charge in [0.25, 0.3) is 0 Å². The molecule has 0 radical (unpaired) electrons. The van der Waals surface area contributed by atoms with Gasteiger partial charge in [-0.1, -0.05) is 12.1 Å². The van der Waals surface area contributed by atoms with Crippen LogP contribution in [-0.2, 0) is 0 Å². The number of hydrogen-bond donors (Lipinski definition) is 7. The Morgan fingerprint density at radius 1 is 0.635 bits per heavy atom. The number of benzene rings is 4. The van der Waals surface area contributed by atoms with E-state index in [1.807, 2.05) is 0 Å². The summed E-state index contributed by atoms with van der Waals surface area (Å²) in [6, 6.07) is 16.0. The van der Waals surface area contributed by atoms with Crippen molar-refractivity contribution in [3.63, 3.8) is 0 Å². The molecule has 4 aromatic carbocycles. The van der Waals surface area contributed by atoms with Gasteiger partial charge < -0.3 is 40.0 Å². The fraction of sp³-hybridized carbons (Fsp3) is 0. The Labute approximate surface area is 296 Å². The number of primary amides is 1. The first-order valence-corrected chi connectivity index (χ1v) is 14.6. The van der Waals surface area contributed by atoms with Gasteiger partial charge in [-0.05, 0) is 60.7 Å². The molecule has 52 heavy (non-hydrogen) atoms. The molecule has 0 fully saturated rings. The van der Waals surface area contributed by atoms with Crippen LogP contribution in [0, 0.1) is 23.3 Å². The van der Waals surface area contributed by atoms with E-state index in [-0.39, 0.29) is 52.5 Å². The first-order valence-electron chi connectivity index (χ1n) is 14.6. The molecular weight excluding hydrogens is 708 g/mol. The van der Waals surface area contributed by atoms with Crippen LogP contribution in [-0.4, -0.2) is 49.0 Å². The molecule has 0 unspecified atom stereocenters. The van der Waals surface area contributed by atoms with E-state index in [0.717, 1.165) is 24.3 Å². The number of carboxylic acid groups (broad SMARTS) is 1. The maximum atomic E-state index is 14.2. The number of rotatable bonds is 4. The second-order valence-corrected chi connectivity index (χ2v) is 10.8. The number of quaternary nitrogens is 1. The number of aliphatic imine (C=N–C) groups is 2. The minimum atomic E-state index is -1.09. The molecule has 0 spiro atoms. The van der Waals surface area contributed by atoms with Gasteiger partial charge in [0.05, 0.1) is 63.2 Å². The summed E-state index contributed by atoms with van der Waals surface area (Å²) in [5.41, 5.74) is 8.80. The lowest BCUT2D eigenvalue weighted by atomic mass is 10.0. The highest BCUT2D eigenvalue weighted by molar-refractivity contribution is 6.14. The first kappa shape index (κ1) is 36.4. The zero-order valence-electron chi connectivity index (χ0n) is 26.6. The fourth-order valence-electron chi connectivity index (χ4n) is 5.36. The average molecular weight is 733 g/mol. The van der Waals surface area contributed by atoms with Gasteiger partial charge in [0, 0.05) is 16.7 Å². The van der Waals surface area contributed by atoms with Gasteiger partial charge >= 0.3 is 5.97 Å². The Kier molecular flexibility index (Phi) is 10.2. The summed E-state index contributed by atoms with van der Waals surface area (Å²) in [6.45, 7) is 0. The number of aromatic amines is 2. The lowest BCUT2D eigenvalue weighted by Crippen LogP contribution is -3.00. The molecule has 2 aliphatic rings. The van der Waals surface area contributed by atoms with Gasteiger partial charge in [0.15, 0.2) is 0 Å². The van der Waals surface area contributed by atoms with Crippen molar-refractivity contribution in [2.75, 3.05) is 10.6 Å². The summed E-state index contributed by atoms with van der Waals surface area (Å²) in [7, 11) is 0. The Morgan fingerprint density at radius 2 is 1.04 bits per heavy atom. The lowest BCUT2D eigenvalue weighted by Gasteiger charge is -2.09. The van der Waals surface area contributed by atoms with Crippen molar-refractivity contribution < 1.29 is 44.7 Å². The standard InChI is InChI=1S/C17H11F2N5O.C17H10F2N4O2.ClH.H3N/c18-10-2-1-3-11(19)14(10)17-22-12-5-4-8(16(20)25)6-9(12)15-13(23-17)7-21-24-15;18-10-2-1-3-11(19)14(10)16-21-12-5-4-8(17(24)25)6-9(12)15-13(22-16)7-20-23-15;;/h1-7H,(H2,20,25)(H,21,24)(H,22,23);1-7H,(H,20,23)(H,21,22)(H,24,25);1H;1H3. The van der Waals surface area contributed by atoms with E-state index in [0.29, 0.717) is 45.3 Å². The third kappa shape index (κ3) is 6.68. The molecule has 2 aliphatic heterocycles. The topological polar surface area (TPSA) is 223 Å². The summed E-state index contributed by atoms with van der Waals surface area (Å²) in [6.07, 6.45) is 2.90. The Morgan fingerprint density at radius 3 is 1.44 bits per heavy atom. The van der Waals surface area contributed by atoms with Crippen molar-refractivity contribution >= 4 is 46.3 Å². The van der Waals surface area contributed by atoms with Crippen LogP contribution in [0.25, 0.3) is 22.5 Å². The molecule has 0 saturated carbocycles. The molecule has 1 amide bonds. The molecule has 0 atom stereocenters. The predicted molar refractivity (Wildman–Crippen MR) is 182 cm³/mol. The van der Waals surface area contributed by atoms with Crippen LogP contribution in [0.2, 0.25) is 0 Å². The highest BCUT2D eigenvalue weighted by atomic mass is 35.5. The maximum absolute atomic E-state index is 14.2. The number of nitrogens with zero attached hydrogens (tertiary/aromatic N) is 4. The van der Waals surface area contributed by atoms with Gasteiger partial charge in [-0.3, -0.25) is 15.0 Å². The minimum Gasteiger partial charge on any atom is -1.00 e. The molecule has 0 saturated heterocycles. The van der Waals surface area contributed by atoms with Crippen LogP contribution in [0.5, 0.6) is 0 Å². The smallest absolute Gasteiger partial charge is 0.335 e. The zero-order chi connectivity index (χ0) is 35.1. The number of H-pyrrole nitrogens is 2. The van der Waals surface area contributed by atoms with Gasteiger partial charge in [-0.15, -0.1) is 0 Å². The number of aromatic carboxylic acids is 1. The second-order valence-electron chi connectivity index (χ2n) is 10.8. The molecule has 13 nitrogen and oxygen atoms in total. The molecule has 18 heteroatoms. The normalized spacial score (nSPS) is 12.0. The van der Waals surface area contributed by atoms with Crippen molar-refractivity contribution in [3.05, 3.63) is 131 Å². The summed E-state index contributed by atoms with van der Waals surface area (Å²) in [4.78, 5) is 31.3. The molecular formula is C34H25ClF4N10O3. The van der Waals surface area contributed by atoms with Crippen molar-refractivity contribution in [2.24, 2.45) is 15.7 Å². The Balaban J connectivity index is 0.000000194. The number of anilines is 2. The minimum absolute atomic E-state index is 0. The van der Waals surface area contributed by atoms with Gasteiger partial charge in [0.1, 0.15) is 34.9 Å². The first-order chi connectivity index (χ1) is 24.1. The SMILES string of the molecule is NC(=O)c1ccc2c(c1)-c1[nH]ncc1NC(c1c(F)cccc1F)=N2.O=C(O)c1ccc2c(c1)-c1[nH]ncc1NC(c1c(F)cccc1F)=N2.[Cl-].[NH4+]. The lowest BCUT2D eigenvalue weighted by molar-refractivity contribution is -0.0000360. The Bertz CT molecular complexity index is 2220. The van der Waals surface area contributed by atoms with Gasteiger partial charge in [-0.2, -0.15) is 10.2 Å². The highest BCUT2D eigenvalue weighted by Gasteiger charge is 2.25. The quantitative estimate of drug-likeness (QED) is 0.132. The molecule has 11 N–H and O–H groups in total. The summed E-state index contributed by atoms with van der Waals surface area (Å²) in [5.74, 6) is -4.72. The van der Waals surface area contributed by atoms with Crippen LogP contribution in [0.3, 0.4) is 0 Å². The van der Waals surface area contributed by atoms with Gasteiger partial charge in [-0.25, -0.2) is 32.3 Å². The number of fused-ring (bicyclic) bond motifs is 6. The van der Waals surface area contributed by atoms with Crippen molar-refractivity contribution in [1.82, 2.24) is 26.5 Å². The molecule has 4 heterocycles. The van der Waals surface area contributed by atoms with E-state index in [4.69, 9.17) is 5.73 Å². The van der Waals surface area contributed by atoms with Crippen LogP contribution in [0.4, 0.5) is 40.3 Å². The number of carboxylic acids is 1. The molecule has 264 valence electrons. The Hall–Kier alpha value is -6.85. The van der Waals surface area contributed by atoms with Crippen LogP contribution in [0.1, 0.15) is 31.8 Å². The summed E-state index contributed by atoms with van der Waals surface area (Å²) >= 11 is 0. The number of carbonyl (C=O) groups is 2. The number of hydrogen-bond acceptors (Lipinski definition) is 8. The predicted octanol–water partition coefficient (Wildman–Crippen LogP) is 3.89. The number of carbonyl (C=O) groups excluding carboxylic acids is 1. The largest absolute Gasteiger partial charge is 1.00 e. The third-order valence-electron chi connectivity index (χ3n) is 7.71. The molecule has 6 aromatic rings. The summed E-state index contributed by atoms with van der Waals surface area (Å²) < 4.78 is 56.6. The van der Waals surface area contributed by atoms with Crippen molar-refractivity contribution in [2.45, 2.75) is 0 Å². The number of amidine groups is 2. The highest BCUT2D eigenvalue weighted by Crippen LogP contribution is 2.39. The van der Waals surface area contributed by atoms with Crippen LogP contribution in [0.15, 0.2) is 95.2 Å². The summed E-state index contributed by atoms with van der Waals surface area (Å²) in [5, 5.41) is 28.3.